The van der Waals surface area contributed by atoms with Crippen LogP contribution in [0.1, 0.15) is 12.5 Å². The summed E-state index contributed by atoms with van der Waals surface area (Å²) in [6.45, 7) is 4.83. The average molecular weight is 373 g/mol. The highest BCUT2D eigenvalue weighted by molar-refractivity contribution is 6.00. The number of likely N-dealkylation sites (N-methyl/N-ethyl adjacent to an activating group) is 1. The molecule has 3 rings (SSSR count). The smallest absolute Gasteiger partial charge is 0.335 e. The molecular formula is C18H23N5O4. The van der Waals surface area contributed by atoms with E-state index >= 15 is 0 Å². The monoisotopic (exact) mass is 373 g/mol. The predicted octanol–water partition coefficient (Wildman–Crippen LogP) is 0.211. The summed E-state index contributed by atoms with van der Waals surface area (Å²) < 4.78 is 6.14. The molecule has 1 aliphatic heterocycles. The third kappa shape index (κ3) is 3.87. The predicted molar refractivity (Wildman–Crippen MR) is 102 cm³/mol. The van der Waals surface area contributed by atoms with E-state index in [1.807, 2.05) is 12.1 Å². The fraction of sp³-hybridized carbons (Fsp3) is 0.389. The second kappa shape index (κ2) is 7.67. The number of nitrogens with one attached hydrogen (secondary N) is 1. The summed E-state index contributed by atoms with van der Waals surface area (Å²) in [5.41, 5.74) is -0.662. The van der Waals surface area contributed by atoms with Crippen LogP contribution in [0.15, 0.2) is 39.0 Å². The Bertz CT molecular complexity index is 953. The number of aromatic nitrogens is 2. The van der Waals surface area contributed by atoms with Crippen LogP contribution in [0.2, 0.25) is 0 Å². The van der Waals surface area contributed by atoms with Crippen molar-refractivity contribution in [2.45, 2.75) is 6.92 Å². The lowest BCUT2D eigenvalue weighted by Crippen LogP contribution is -2.42. The highest BCUT2D eigenvalue weighted by Gasteiger charge is 2.20. The molecule has 0 aliphatic carbocycles. The molecule has 1 aromatic heterocycles. The van der Waals surface area contributed by atoms with Crippen molar-refractivity contribution >= 4 is 5.71 Å². The van der Waals surface area contributed by atoms with Crippen molar-refractivity contribution in [2.24, 2.45) is 5.10 Å². The van der Waals surface area contributed by atoms with E-state index in [9.17, 15) is 14.7 Å². The van der Waals surface area contributed by atoms with Gasteiger partial charge >= 0.3 is 5.69 Å². The Kier molecular flexibility index (Phi) is 5.31. The van der Waals surface area contributed by atoms with Crippen molar-refractivity contribution in [2.75, 3.05) is 40.3 Å². The van der Waals surface area contributed by atoms with E-state index in [2.05, 4.69) is 15.0 Å². The number of methoxy groups -OCH3 is 1. The number of nitrogens with zero attached hydrogens (tertiary/aromatic N) is 4. The molecule has 0 unspecified atom stereocenters. The number of piperazine rings is 1. The molecule has 0 radical (unpaired) electrons. The number of aromatic hydroxyl groups is 1. The van der Waals surface area contributed by atoms with Crippen molar-refractivity contribution in [1.29, 1.82) is 0 Å². The Morgan fingerprint density at radius 3 is 2.37 bits per heavy atom. The Morgan fingerprint density at radius 2 is 1.78 bits per heavy atom. The molecule has 1 aromatic carbocycles. The average Bonchev–Trinajstić information content (AvgIpc) is 2.64. The van der Waals surface area contributed by atoms with Crippen molar-refractivity contribution in [3.05, 3.63) is 50.7 Å². The van der Waals surface area contributed by atoms with Crippen LogP contribution < -0.4 is 16.0 Å². The molecule has 9 heteroatoms. The van der Waals surface area contributed by atoms with E-state index in [-0.39, 0.29) is 5.56 Å². The fourth-order valence-electron chi connectivity index (χ4n) is 2.98. The molecule has 2 N–H and O–H groups in total. The molecule has 0 spiro atoms. The summed E-state index contributed by atoms with van der Waals surface area (Å²) in [6.07, 6.45) is 0. The zero-order valence-electron chi connectivity index (χ0n) is 15.6. The number of rotatable bonds is 4. The minimum atomic E-state index is -0.723. The molecule has 1 saturated heterocycles. The van der Waals surface area contributed by atoms with Crippen LogP contribution in [0.25, 0.3) is 5.69 Å². The van der Waals surface area contributed by atoms with Crippen molar-refractivity contribution in [3.63, 3.8) is 0 Å². The number of hydrogen-bond acceptors (Lipinski definition) is 7. The topological polar surface area (TPSA) is 103 Å². The molecule has 2 heterocycles. The van der Waals surface area contributed by atoms with Crippen LogP contribution in [-0.4, -0.2) is 70.6 Å². The molecule has 1 fully saturated rings. The van der Waals surface area contributed by atoms with Crippen molar-refractivity contribution in [3.8, 4) is 17.3 Å². The molecular weight excluding hydrogens is 350 g/mol. The maximum absolute atomic E-state index is 12.3. The molecule has 0 bridgehead atoms. The van der Waals surface area contributed by atoms with E-state index in [4.69, 9.17) is 4.74 Å². The van der Waals surface area contributed by atoms with Gasteiger partial charge in [0, 0.05) is 26.2 Å². The Morgan fingerprint density at radius 1 is 1.15 bits per heavy atom. The van der Waals surface area contributed by atoms with Crippen LogP contribution >= 0.6 is 0 Å². The lowest BCUT2D eigenvalue weighted by molar-refractivity contribution is 0.159. The second-order valence-corrected chi connectivity index (χ2v) is 6.43. The summed E-state index contributed by atoms with van der Waals surface area (Å²) in [5.74, 6) is 0.174. The van der Waals surface area contributed by atoms with Crippen LogP contribution in [0, 0.1) is 0 Å². The van der Waals surface area contributed by atoms with E-state index in [0.29, 0.717) is 17.1 Å². The Hall–Kier alpha value is -3.07. The molecule has 0 saturated carbocycles. The van der Waals surface area contributed by atoms with Gasteiger partial charge in [0.15, 0.2) is 0 Å². The quantitative estimate of drug-likeness (QED) is 0.743. The fourth-order valence-corrected chi connectivity index (χ4v) is 2.98. The molecule has 144 valence electrons. The lowest BCUT2D eigenvalue weighted by atomic mass is 10.2. The van der Waals surface area contributed by atoms with Crippen LogP contribution in [-0.2, 0) is 0 Å². The minimum absolute atomic E-state index is 0.0238. The van der Waals surface area contributed by atoms with Crippen LogP contribution in [0.4, 0.5) is 0 Å². The van der Waals surface area contributed by atoms with Gasteiger partial charge in [0.05, 0.1) is 18.5 Å². The van der Waals surface area contributed by atoms with E-state index in [0.717, 1.165) is 30.7 Å². The first-order valence-corrected chi connectivity index (χ1v) is 8.62. The number of benzene rings is 1. The first-order valence-electron chi connectivity index (χ1n) is 8.62. The highest BCUT2D eigenvalue weighted by atomic mass is 16.5. The zero-order valence-corrected chi connectivity index (χ0v) is 15.6. The lowest BCUT2D eigenvalue weighted by Gasteiger charge is -2.30. The second-order valence-electron chi connectivity index (χ2n) is 6.43. The van der Waals surface area contributed by atoms with Gasteiger partial charge in [-0.15, -0.1) is 0 Å². The van der Waals surface area contributed by atoms with Crippen LogP contribution in [0.3, 0.4) is 0 Å². The molecule has 2 aromatic rings. The summed E-state index contributed by atoms with van der Waals surface area (Å²) in [6, 6.07) is 6.57. The normalized spacial score (nSPS) is 15.8. The first kappa shape index (κ1) is 18.7. The van der Waals surface area contributed by atoms with Crippen molar-refractivity contribution in [1.82, 2.24) is 19.5 Å². The SMILES string of the molecule is COc1ccc(-n2c(O)c(C(C)=NN3CCN(C)CC3)c(=O)[nH]c2=O)cc1. The third-order valence-corrected chi connectivity index (χ3v) is 4.55. The minimum Gasteiger partial charge on any atom is -0.497 e. The number of aromatic amines is 1. The van der Waals surface area contributed by atoms with Gasteiger partial charge in [0.25, 0.3) is 5.56 Å². The summed E-state index contributed by atoms with van der Waals surface area (Å²) >= 11 is 0. The van der Waals surface area contributed by atoms with Gasteiger partial charge in [-0.05, 0) is 38.2 Å². The molecule has 27 heavy (non-hydrogen) atoms. The van der Waals surface area contributed by atoms with E-state index < -0.39 is 17.1 Å². The maximum Gasteiger partial charge on any atom is 0.335 e. The molecule has 0 atom stereocenters. The summed E-state index contributed by atoms with van der Waals surface area (Å²) in [4.78, 5) is 29.0. The van der Waals surface area contributed by atoms with Gasteiger partial charge in [-0.1, -0.05) is 0 Å². The summed E-state index contributed by atoms with van der Waals surface area (Å²) in [5, 5.41) is 17.0. The third-order valence-electron chi connectivity index (χ3n) is 4.55. The number of hydrazone groups is 1. The van der Waals surface area contributed by atoms with Gasteiger partial charge in [-0.2, -0.15) is 5.10 Å². The van der Waals surface area contributed by atoms with Gasteiger partial charge in [0.2, 0.25) is 5.88 Å². The van der Waals surface area contributed by atoms with Gasteiger partial charge in [-0.3, -0.25) is 14.8 Å². The Balaban J connectivity index is 2.03. The van der Waals surface area contributed by atoms with Crippen molar-refractivity contribution < 1.29 is 9.84 Å². The highest BCUT2D eigenvalue weighted by Crippen LogP contribution is 2.20. The Labute approximate surface area is 156 Å². The van der Waals surface area contributed by atoms with Crippen LogP contribution in [0.5, 0.6) is 11.6 Å². The molecule has 1 aliphatic rings. The zero-order chi connectivity index (χ0) is 19.6. The maximum atomic E-state index is 12.3. The molecule has 9 nitrogen and oxygen atoms in total. The standard InChI is InChI=1S/C18H23N5O4/c1-12(20-22-10-8-21(2)9-11-22)15-16(24)19-18(26)23(17(15)25)13-4-6-14(27-3)7-5-13/h4-7,25H,8-11H2,1-3H3,(H,19,24,26). The van der Waals surface area contributed by atoms with Gasteiger partial charge in [0.1, 0.15) is 11.3 Å². The van der Waals surface area contributed by atoms with Gasteiger partial charge in [-0.25, -0.2) is 9.36 Å². The number of hydrogen-bond donors (Lipinski definition) is 2. The van der Waals surface area contributed by atoms with E-state index in [1.54, 1.807) is 31.2 Å². The number of ether oxygens (including phenoxy) is 1. The molecule has 0 amide bonds. The van der Waals surface area contributed by atoms with Gasteiger partial charge < -0.3 is 14.7 Å². The summed E-state index contributed by atoms with van der Waals surface area (Å²) in [7, 11) is 3.57. The first-order chi connectivity index (χ1) is 12.9. The number of H-pyrrole nitrogens is 1. The largest absolute Gasteiger partial charge is 0.497 e. The van der Waals surface area contributed by atoms with E-state index in [1.165, 1.54) is 7.11 Å².